The van der Waals surface area contributed by atoms with Crippen molar-refractivity contribution < 1.29 is 9.53 Å². The van der Waals surface area contributed by atoms with Crippen LogP contribution in [0.3, 0.4) is 0 Å². The van der Waals surface area contributed by atoms with E-state index in [4.69, 9.17) is 0 Å². The lowest BCUT2D eigenvalue weighted by Gasteiger charge is -2.55. The summed E-state index contributed by atoms with van der Waals surface area (Å²) in [5, 5.41) is 3.20. The SMILES string of the molecule is COC(=O)N1CC2(CNC2)C1. The molecule has 2 saturated heterocycles. The van der Waals surface area contributed by atoms with Gasteiger partial charge in [-0.2, -0.15) is 0 Å². The van der Waals surface area contributed by atoms with E-state index in [0.29, 0.717) is 5.41 Å². The van der Waals surface area contributed by atoms with Crippen LogP contribution in [0.1, 0.15) is 0 Å². The minimum Gasteiger partial charge on any atom is -0.453 e. The number of nitrogens with zero attached hydrogens (tertiary/aromatic N) is 1. The monoisotopic (exact) mass is 156 g/mol. The van der Waals surface area contributed by atoms with E-state index in [1.807, 2.05) is 0 Å². The number of methoxy groups -OCH3 is 1. The largest absolute Gasteiger partial charge is 0.453 e. The molecule has 2 heterocycles. The molecule has 1 N–H and O–H groups in total. The number of carbonyl (C=O) groups is 1. The molecule has 11 heavy (non-hydrogen) atoms. The van der Waals surface area contributed by atoms with Crippen LogP contribution < -0.4 is 5.32 Å². The van der Waals surface area contributed by atoms with Crippen molar-refractivity contribution in [3.8, 4) is 0 Å². The molecule has 0 aromatic rings. The molecule has 0 saturated carbocycles. The zero-order chi connectivity index (χ0) is 7.90. The lowest BCUT2D eigenvalue weighted by atomic mass is 9.75. The fourth-order valence-electron chi connectivity index (χ4n) is 1.72. The Kier molecular flexibility index (Phi) is 1.32. The smallest absolute Gasteiger partial charge is 0.409 e. The van der Waals surface area contributed by atoms with E-state index in [1.54, 1.807) is 4.90 Å². The third-order valence-electron chi connectivity index (χ3n) is 2.49. The van der Waals surface area contributed by atoms with E-state index in [1.165, 1.54) is 7.11 Å². The van der Waals surface area contributed by atoms with Gasteiger partial charge in [-0.1, -0.05) is 0 Å². The van der Waals surface area contributed by atoms with Gasteiger partial charge in [0.1, 0.15) is 0 Å². The van der Waals surface area contributed by atoms with Crippen molar-refractivity contribution in [3.63, 3.8) is 0 Å². The maximum atomic E-state index is 10.9. The molecule has 0 aromatic carbocycles. The van der Waals surface area contributed by atoms with Crippen molar-refractivity contribution >= 4 is 6.09 Å². The Hall–Kier alpha value is -0.770. The Morgan fingerprint density at radius 3 is 2.55 bits per heavy atom. The molecule has 4 nitrogen and oxygen atoms in total. The molecule has 2 aliphatic rings. The number of hydrogen-bond acceptors (Lipinski definition) is 3. The number of likely N-dealkylation sites (tertiary alicyclic amines) is 1. The quantitative estimate of drug-likeness (QED) is 0.521. The first kappa shape index (κ1) is 6.91. The fraction of sp³-hybridized carbons (Fsp3) is 0.857. The molecule has 2 rings (SSSR count). The molecule has 62 valence electrons. The first-order valence-electron chi connectivity index (χ1n) is 3.79. The normalized spacial score (nSPS) is 25.7. The molecular weight excluding hydrogens is 144 g/mol. The summed E-state index contributed by atoms with van der Waals surface area (Å²) in [5.41, 5.74) is 0.411. The van der Waals surface area contributed by atoms with Crippen molar-refractivity contribution in [2.24, 2.45) is 5.41 Å². The minimum absolute atomic E-state index is 0.192. The van der Waals surface area contributed by atoms with Gasteiger partial charge in [-0.3, -0.25) is 0 Å². The molecule has 0 atom stereocenters. The number of carbonyl (C=O) groups excluding carboxylic acids is 1. The van der Waals surface area contributed by atoms with Gasteiger partial charge < -0.3 is 15.0 Å². The fourth-order valence-corrected chi connectivity index (χ4v) is 1.72. The van der Waals surface area contributed by atoms with Crippen LogP contribution in [0.4, 0.5) is 4.79 Å². The summed E-state index contributed by atoms with van der Waals surface area (Å²) in [6.07, 6.45) is -0.192. The summed E-state index contributed by atoms with van der Waals surface area (Å²) in [6, 6.07) is 0. The van der Waals surface area contributed by atoms with E-state index in [0.717, 1.165) is 26.2 Å². The van der Waals surface area contributed by atoms with Crippen molar-refractivity contribution in [1.82, 2.24) is 10.2 Å². The second-order valence-corrected chi connectivity index (χ2v) is 3.43. The van der Waals surface area contributed by atoms with E-state index >= 15 is 0 Å². The molecule has 2 aliphatic heterocycles. The Labute approximate surface area is 65.5 Å². The maximum absolute atomic E-state index is 10.9. The van der Waals surface area contributed by atoms with Crippen LogP contribution in [-0.4, -0.2) is 44.3 Å². The summed E-state index contributed by atoms with van der Waals surface area (Å²) in [5.74, 6) is 0. The highest BCUT2D eigenvalue weighted by atomic mass is 16.5. The lowest BCUT2D eigenvalue weighted by Crippen LogP contribution is -2.71. The summed E-state index contributed by atoms with van der Waals surface area (Å²) in [6.45, 7) is 3.85. The van der Waals surface area contributed by atoms with Crippen molar-refractivity contribution in [2.75, 3.05) is 33.3 Å². The van der Waals surface area contributed by atoms with Crippen LogP contribution in [0, 0.1) is 5.41 Å². The van der Waals surface area contributed by atoms with Crippen LogP contribution in [-0.2, 0) is 4.74 Å². The zero-order valence-electron chi connectivity index (χ0n) is 6.59. The molecule has 0 radical (unpaired) electrons. The van der Waals surface area contributed by atoms with Crippen molar-refractivity contribution in [2.45, 2.75) is 0 Å². The Morgan fingerprint density at radius 1 is 1.55 bits per heavy atom. The van der Waals surface area contributed by atoms with Crippen LogP contribution in [0.5, 0.6) is 0 Å². The van der Waals surface area contributed by atoms with E-state index in [2.05, 4.69) is 10.1 Å². The molecule has 1 spiro atoms. The molecule has 0 aliphatic carbocycles. The number of ether oxygens (including phenoxy) is 1. The van der Waals surface area contributed by atoms with Gasteiger partial charge in [0.25, 0.3) is 0 Å². The molecular formula is C7H12N2O2. The van der Waals surface area contributed by atoms with E-state index in [9.17, 15) is 4.79 Å². The average Bonchev–Trinajstić information content (AvgIpc) is 1.81. The topological polar surface area (TPSA) is 41.6 Å². The third-order valence-corrected chi connectivity index (χ3v) is 2.49. The second-order valence-electron chi connectivity index (χ2n) is 3.43. The predicted molar refractivity (Wildman–Crippen MR) is 39.3 cm³/mol. The maximum Gasteiger partial charge on any atom is 0.409 e. The molecule has 0 aromatic heterocycles. The average molecular weight is 156 g/mol. The van der Waals surface area contributed by atoms with Gasteiger partial charge in [-0.05, 0) is 0 Å². The van der Waals surface area contributed by atoms with Crippen LogP contribution >= 0.6 is 0 Å². The van der Waals surface area contributed by atoms with Gasteiger partial charge in [-0.15, -0.1) is 0 Å². The Morgan fingerprint density at radius 2 is 2.18 bits per heavy atom. The number of hydrogen-bond donors (Lipinski definition) is 1. The number of nitrogens with one attached hydrogen (secondary N) is 1. The third kappa shape index (κ3) is 0.894. The summed E-state index contributed by atoms with van der Waals surface area (Å²) in [7, 11) is 1.42. The van der Waals surface area contributed by atoms with Crippen LogP contribution in [0.25, 0.3) is 0 Å². The van der Waals surface area contributed by atoms with Gasteiger partial charge >= 0.3 is 6.09 Å². The van der Waals surface area contributed by atoms with Gasteiger partial charge in [0.15, 0.2) is 0 Å². The summed E-state index contributed by atoms with van der Waals surface area (Å²) < 4.78 is 4.58. The molecule has 0 unspecified atom stereocenters. The summed E-state index contributed by atoms with van der Waals surface area (Å²) in [4.78, 5) is 12.6. The minimum atomic E-state index is -0.192. The Balaban J connectivity index is 1.83. The highest BCUT2D eigenvalue weighted by Crippen LogP contribution is 2.33. The standard InChI is InChI=1S/C7H12N2O2/c1-11-6(10)9-4-7(5-9)2-8-3-7/h8H,2-5H2,1H3. The second kappa shape index (κ2) is 2.11. The molecule has 2 fully saturated rings. The van der Waals surface area contributed by atoms with Crippen LogP contribution in [0.2, 0.25) is 0 Å². The first-order chi connectivity index (χ1) is 5.26. The van der Waals surface area contributed by atoms with Crippen LogP contribution in [0.15, 0.2) is 0 Å². The van der Waals surface area contributed by atoms with E-state index in [-0.39, 0.29) is 6.09 Å². The molecule has 1 amide bonds. The number of rotatable bonds is 0. The zero-order valence-corrected chi connectivity index (χ0v) is 6.59. The molecule has 0 bridgehead atoms. The first-order valence-corrected chi connectivity index (χ1v) is 3.79. The van der Waals surface area contributed by atoms with E-state index < -0.39 is 0 Å². The van der Waals surface area contributed by atoms with Gasteiger partial charge in [0, 0.05) is 31.6 Å². The lowest BCUT2D eigenvalue weighted by molar-refractivity contribution is -0.0303. The highest BCUT2D eigenvalue weighted by molar-refractivity contribution is 5.68. The van der Waals surface area contributed by atoms with Gasteiger partial charge in [0.2, 0.25) is 0 Å². The van der Waals surface area contributed by atoms with Gasteiger partial charge in [-0.25, -0.2) is 4.79 Å². The van der Waals surface area contributed by atoms with Crippen molar-refractivity contribution in [1.29, 1.82) is 0 Å². The highest BCUT2D eigenvalue weighted by Gasteiger charge is 2.49. The van der Waals surface area contributed by atoms with Crippen molar-refractivity contribution in [3.05, 3.63) is 0 Å². The predicted octanol–water partition coefficient (Wildman–Crippen LogP) is -0.342. The Bertz CT molecular complexity index is 181. The number of amides is 1. The molecule has 4 heteroatoms. The van der Waals surface area contributed by atoms with Gasteiger partial charge in [0.05, 0.1) is 7.11 Å². The summed E-state index contributed by atoms with van der Waals surface area (Å²) >= 11 is 0.